The minimum atomic E-state index is -0.276. The van der Waals surface area contributed by atoms with Crippen LogP contribution in [0.15, 0.2) is 52.0 Å². The zero-order valence-electron chi connectivity index (χ0n) is 7.81. The first-order chi connectivity index (χ1) is 7.27. The Morgan fingerprint density at radius 1 is 1.20 bits per heavy atom. The molecule has 1 amide bonds. The smallest absolute Gasteiger partial charge is 0.291 e. The molecule has 15 heavy (non-hydrogen) atoms. The van der Waals surface area contributed by atoms with E-state index in [0.717, 1.165) is 4.90 Å². The van der Waals surface area contributed by atoms with Crippen molar-refractivity contribution in [2.24, 2.45) is 0 Å². The minimum Gasteiger partial charge on any atom is -0.459 e. The standard InChI is InChI=1S/C11H9NO2S/c13-11(9-5-3-7-14-9)12-8-4-1-2-6-10(8)15/h1-7,15H,(H,12,13). The summed E-state index contributed by atoms with van der Waals surface area (Å²) in [5.74, 6) is 0.00749. The Bertz CT molecular complexity index is 465. The molecule has 2 aromatic rings. The number of hydrogen-bond acceptors (Lipinski definition) is 3. The SMILES string of the molecule is O=C(Nc1ccccc1S)c1ccco1. The molecular formula is C11H9NO2S. The van der Waals surface area contributed by atoms with Crippen LogP contribution in [0.3, 0.4) is 0 Å². The first kappa shape index (κ1) is 9.86. The predicted octanol–water partition coefficient (Wildman–Crippen LogP) is 2.82. The molecule has 0 atom stereocenters. The summed E-state index contributed by atoms with van der Waals surface area (Å²) in [7, 11) is 0. The zero-order valence-corrected chi connectivity index (χ0v) is 8.70. The largest absolute Gasteiger partial charge is 0.459 e. The van der Waals surface area contributed by atoms with E-state index in [0.29, 0.717) is 5.69 Å². The lowest BCUT2D eigenvalue weighted by Crippen LogP contribution is -2.11. The van der Waals surface area contributed by atoms with Gasteiger partial charge in [-0.3, -0.25) is 4.79 Å². The third kappa shape index (κ3) is 2.22. The Kier molecular flexibility index (Phi) is 2.78. The normalized spacial score (nSPS) is 9.93. The zero-order chi connectivity index (χ0) is 10.7. The van der Waals surface area contributed by atoms with Gasteiger partial charge in [0.1, 0.15) is 0 Å². The van der Waals surface area contributed by atoms with Crippen molar-refractivity contribution in [1.82, 2.24) is 0 Å². The van der Waals surface area contributed by atoms with Crippen LogP contribution in [0.1, 0.15) is 10.6 Å². The van der Waals surface area contributed by atoms with Gasteiger partial charge in [0, 0.05) is 4.90 Å². The van der Waals surface area contributed by atoms with Gasteiger partial charge in [0.25, 0.3) is 5.91 Å². The third-order valence-electron chi connectivity index (χ3n) is 1.90. The van der Waals surface area contributed by atoms with Crippen LogP contribution in [0, 0.1) is 0 Å². The highest BCUT2D eigenvalue weighted by Gasteiger charge is 2.09. The summed E-state index contributed by atoms with van der Waals surface area (Å²) in [5, 5.41) is 2.70. The molecule has 0 fully saturated rings. The van der Waals surface area contributed by atoms with E-state index >= 15 is 0 Å². The molecule has 1 aromatic heterocycles. The van der Waals surface area contributed by atoms with Gasteiger partial charge in [0.2, 0.25) is 0 Å². The van der Waals surface area contributed by atoms with Crippen molar-refractivity contribution in [1.29, 1.82) is 0 Å². The average molecular weight is 219 g/mol. The summed E-state index contributed by atoms with van der Waals surface area (Å²) in [4.78, 5) is 12.3. The third-order valence-corrected chi connectivity index (χ3v) is 2.29. The number of para-hydroxylation sites is 1. The Labute approximate surface area is 92.5 Å². The number of carbonyl (C=O) groups excluding carboxylic acids is 1. The van der Waals surface area contributed by atoms with Crippen molar-refractivity contribution < 1.29 is 9.21 Å². The molecule has 0 unspecified atom stereocenters. The van der Waals surface area contributed by atoms with Gasteiger partial charge in [-0.15, -0.1) is 12.6 Å². The van der Waals surface area contributed by atoms with Crippen LogP contribution < -0.4 is 5.32 Å². The topological polar surface area (TPSA) is 42.2 Å². The lowest BCUT2D eigenvalue weighted by atomic mass is 10.3. The van der Waals surface area contributed by atoms with Crippen LogP contribution in [0.4, 0.5) is 5.69 Å². The van der Waals surface area contributed by atoms with E-state index in [9.17, 15) is 4.79 Å². The molecule has 1 N–H and O–H groups in total. The van der Waals surface area contributed by atoms with E-state index in [2.05, 4.69) is 17.9 Å². The molecule has 2 rings (SSSR count). The second-order valence-corrected chi connectivity index (χ2v) is 3.43. The van der Waals surface area contributed by atoms with Crippen LogP contribution in [0.25, 0.3) is 0 Å². The molecule has 1 aromatic carbocycles. The fraction of sp³-hybridized carbons (Fsp3) is 0. The quantitative estimate of drug-likeness (QED) is 0.763. The maximum atomic E-state index is 11.6. The van der Waals surface area contributed by atoms with Crippen molar-refractivity contribution in [3.05, 3.63) is 48.4 Å². The molecule has 0 radical (unpaired) electrons. The number of rotatable bonds is 2. The lowest BCUT2D eigenvalue weighted by molar-refractivity contribution is 0.0996. The average Bonchev–Trinajstić information content (AvgIpc) is 2.74. The van der Waals surface area contributed by atoms with Gasteiger partial charge in [0.05, 0.1) is 12.0 Å². The molecule has 1 heterocycles. The van der Waals surface area contributed by atoms with Crippen molar-refractivity contribution >= 4 is 24.2 Å². The van der Waals surface area contributed by atoms with Crippen LogP contribution >= 0.6 is 12.6 Å². The van der Waals surface area contributed by atoms with Crippen molar-refractivity contribution in [2.45, 2.75) is 4.90 Å². The van der Waals surface area contributed by atoms with Gasteiger partial charge in [-0.2, -0.15) is 0 Å². The Hall–Kier alpha value is -1.68. The molecular weight excluding hydrogens is 210 g/mol. The summed E-state index contributed by atoms with van der Waals surface area (Å²) in [6.45, 7) is 0. The van der Waals surface area contributed by atoms with E-state index in [4.69, 9.17) is 4.42 Å². The number of thiol groups is 1. The van der Waals surface area contributed by atoms with Gasteiger partial charge < -0.3 is 9.73 Å². The van der Waals surface area contributed by atoms with Crippen LogP contribution in [-0.4, -0.2) is 5.91 Å². The highest BCUT2D eigenvalue weighted by atomic mass is 32.1. The number of furan rings is 1. The summed E-state index contributed by atoms with van der Waals surface area (Å²) >= 11 is 4.22. The Morgan fingerprint density at radius 3 is 2.67 bits per heavy atom. The van der Waals surface area contributed by atoms with E-state index in [1.807, 2.05) is 12.1 Å². The van der Waals surface area contributed by atoms with E-state index in [-0.39, 0.29) is 11.7 Å². The molecule has 0 saturated carbocycles. The summed E-state index contributed by atoms with van der Waals surface area (Å²) < 4.78 is 4.97. The van der Waals surface area contributed by atoms with Gasteiger partial charge >= 0.3 is 0 Å². The first-order valence-electron chi connectivity index (χ1n) is 4.40. The summed E-state index contributed by atoms with van der Waals surface area (Å²) in [5.41, 5.74) is 0.669. The number of amides is 1. The van der Waals surface area contributed by atoms with Crippen LogP contribution in [0.2, 0.25) is 0 Å². The fourth-order valence-electron chi connectivity index (χ4n) is 1.17. The Morgan fingerprint density at radius 2 is 2.00 bits per heavy atom. The maximum Gasteiger partial charge on any atom is 0.291 e. The number of carbonyl (C=O) groups is 1. The van der Waals surface area contributed by atoms with Crippen molar-refractivity contribution in [2.75, 3.05) is 5.32 Å². The molecule has 0 saturated heterocycles. The monoisotopic (exact) mass is 219 g/mol. The lowest BCUT2D eigenvalue weighted by Gasteiger charge is -2.05. The summed E-state index contributed by atoms with van der Waals surface area (Å²) in [6, 6.07) is 10.5. The second kappa shape index (κ2) is 4.23. The Balaban J connectivity index is 2.17. The van der Waals surface area contributed by atoms with Gasteiger partial charge in [-0.1, -0.05) is 12.1 Å². The molecule has 0 aliphatic rings. The fourth-order valence-corrected chi connectivity index (χ4v) is 1.39. The van der Waals surface area contributed by atoms with Gasteiger partial charge in [-0.25, -0.2) is 0 Å². The maximum absolute atomic E-state index is 11.6. The second-order valence-electron chi connectivity index (χ2n) is 2.95. The van der Waals surface area contributed by atoms with Crippen molar-refractivity contribution in [3.63, 3.8) is 0 Å². The molecule has 4 heteroatoms. The number of anilines is 1. The van der Waals surface area contributed by atoms with Crippen LogP contribution in [0.5, 0.6) is 0 Å². The van der Waals surface area contributed by atoms with Gasteiger partial charge in [0.15, 0.2) is 5.76 Å². The van der Waals surface area contributed by atoms with E-state index in [1.165, 1.54) is 6.26 Å². The summed E-state index contributed by atoms with van der Waals surface area (Å²) in [6.07, 6.45) is 1.46. The minimum absolute atomic E-state index is 0.276. The highest BCUT2D eigenvalue weighted by molar-refractivity contribution is 7.80. The molecule has 0 aliphatic carbocycles. The number of nitrogens with one attached hydrogen (secondary N) is 1. The van der Waals surface area contributed by atoms with E-state index in [1.54, 1.807) is 24.3 Å². The number of hydrogen-bond donors (Lipinski definition) is 2. The van der Waals surface area contributed by atoms with Crippen molar-refractivity contribution in [3.8, 4) is 0 Å². The molecule has 76 valence electrons. The first-order valence-corrected chi connectivity index (χ1v) is 4.85. The molecule has 0 bridgehead atoms. The van der Waals surface area contributed by atoms with Gasteiger partial charge in [-0.05, 0) is 24.3 Å². The molecule has 0 spiro atoms. The molecule has 3 nitrogen and oxygen atoms in total. The van der Waals surface area contributed by atoms with E-state index < -0.39 is 0 Å². The van der Waals surface area contributed by atoms with Crippen LogP contribution in [-0.2, 0) is 0 Å². The highest BCUT2D eigenvalue weighted by Crippen LogP contribution is 2.19. The number of benzene rings is 1. The molecule has 0 aliphatic heterocycles. The predicted molar refractivity (Wildman–Crippen MR) is 60.4 cm³/mol.